The highest BCUT2D eigenvalue weighted by Crippen LogP contribution is 2.32. The summed E-state index contributed by atoms with van der Waals surface area (Å²) in [5.41, 5.74) is 4.33. The van der Waals surface area contributed by atoms with Crippen molar-refractivity contribution in [1.29, 1.82) is 0 Å². The monoisotopic (exact) mass is 595 g/mol. The summed E-state index contributed by atoms with van der Waals surface area (Å²) in [7, 11) is 0. The minimum absolute atomic E-state index is 0.0346. The predicted octanol–water partition coefficient (Wildman–Crippen LogP) is 6.76. The highest BCUT2D eigenvalue weighted by Gasteiger charge is 2.15. The number of hydrogen-bond acceptors (Lipinski definition) is 6. The average Bonchev–Trinajstić information content (AvgIpc) is 3.03. The molecule has 1 atom stereocenters. The number of halogens is 1. The molecule has 3 N–H and O–H groups in total. The SMILES string of the molecule is CC(CNCCNC(=O)c1cc2cccc(OCc3ccccn3)c2cc1O)OCc1ccccc1-c1ccc(Cl)cc1. The van der Waals surface area contributed by atoms with Crippen molar-refractivity contribution in [2.45, 2.75) is 26.2 Å². The Kier molecular flexibility index (Phi) is 10.2. The first kappa shape index (κ1) is 30.0. The predicted molar refractivity (Wildman–Crippen MR) is 171 cm³/mol. The third-order valence-electron chi connectivity index (χ3n) is 7.02. The summed E-state index contributed by atoms with van der Waals surface area (Å²) in [6.07, 6.45) is 1.68. The van der Waals surface area contributed by atoms with Crippen molar-refractivity contribution in [2.75, 3.05) is 19.6 Å². The molecule has 0 saturated heterocycles. The summed E-state index contributed by atoms with van der Waals surface area (Å²) < 4.78 is 12.0. The second-order valence-electron chi connectivity index (χ2n) is 10.2. The van der Waals surface area contributed by atoms with Gasteiger partial charge in [0.15, 0.2) is 0 Å². The Morgan fingerprint density at radius 3 is 2.56 bits per heavy atom. The van der Waals surface area contributed by atoms with Crippen LogP contribution in [-0.2, 0) is 18.0 Å². The van der Waals surface area contributed by atoms with Gasteiger partial charge in [-0.05, 0) is 71.5 Å². The van der Waals surface area contributed by atoms with Crippen LogP contribution in [0.3, 0.4) is 0 Å². The van der Waals surface area contributed by atoms with Gasteiger partial charge in [-0.15, -0.1) is 0 Å². The Morgan fingerprint density at radius 2 is 1.74 bits per heavy atom. The molecule has 1 heterocycles. The van der Waals surface area contributed by atoms with Gasteiger partial charge in [0.2, 0.25) is 0 Å². The van der Waals surface area contributed by atoms with Gasteiger partial charge in [-0.1, -0.05) is 66.2 Å². The van der Waals surface area contributed by atoms with E-state index in [4.69, 9.17) is 21.1 Å². The Labute approximate surface area is 256 Å². The van der Waals surface area contributed by atoms with Crippen LogP contribution < -0.4 is 15.4 Å². The van der Waals surface area contributed by atoms with E-state index in [0.717, 1.165) is 33.2 Å². The lowest BCUT2D eigenvalue weighted by atomic mass is 10.0. The van der Waals surface area contributed by atoms with Crippen LogP contribution in [0.15, 0.2) is 103 Å². The number of aromatic hydroxyl groups is 1. The molecule has 0 aliphatic heterocycles. The number of benzene rings is 4. The van der Waals surface area contributed by atoms with Crippen LogP contribution >= 0.6 is 11.6 Å². The van der Waals surface area contributed by atoms with E-state index in [1.165, 1.54) is 0 Å². The number of phenols is 1. The molecule has 0 fully saturated rings. The lowest BCUT2D eigenvalue weighted by Gasteiger charge is -2.16. The van der Waals surface area contributed by atoms with Crippen molar-refractivity contribution in [1.82, 2.24) is 15.6 Å². The first-order valence-electron chi connectivity index (χ1n) is 14.2. The largest absolute Gasteiger partial charge is 0.507 e. The molecule has 220 valence electrons. The molecule has 1 aromatic heterocycles. The Balaban J connectivity index is 1.08. The van der Waals surface area contributed by atoms with Gasteiger partial charge in [0.25, 0.3) is 5.91 Å². The zero-order valence-electron chi connectivity index (χ0n) is 23.9. The lowest BCUT2D eigenvalue weighted by molar-refractivity contribution is 0.0536. The van der Waals surface area contributed by atoms with E-state index in [-0.39, 0.29) is 23.3 Å². The number of nitrogens with zero attached hydrogens (tertiary/aromatic N) is 1. The fourth-order valence-electron chi connectivity index (χ4n) is 4.74. The minimum Gasteiger partial charge on any atom is -0.507 e. The number of aromatic nitrogens is 1. The zero-order chi connectivity index (χ0) is 30.0. The number of rotatable bonds is 13. The summed E-state index contributed by atoms with van der Waals surface area (Å²) in [5, 5.41) is 19.1. The van der Waals surface area contributed by atoms with Gasteiger partial charge in [-0.2, -0.15) is 0 Å². The zero-order valence-corrected chi connectivity index (χ0v) is 24.7. The lowest BCUT2D eigenvalue weighted by Crippen LogP contribution is -2.35. The van der Waals surface area contributed by atoms with Crippen LogP contribution in [0, 0.1) is 0 Å². The van der Waals surface area contributed by atoms with Gasteiger partial charge >= 0.3 is 0 Å². The van der Waals surface area contributed by atoms with Crippen LogP contribution in [0.5, 0.6) is 11.5 Å². The molecule has 43 heavy (non-hydrogen) atoms. The maximum Gasteiger partial charge on any atom is 0.255 e. The summed E-state index contributed by atoms with van der Waals surface area (Å²) in [6.45, 7) is 4.38. The van der Waals surface area contributed by atoms with Gasteiger partial charge < -0.3 is 25.2 Å². The maximum absolute atomic E-state index is 12.9. The number of pyridine rings is 1. The first-order chi connectivity index (χ1) is 21.0. The van der Waals surface area contributed by atoms with E-state index in [1.54, 1.807) is 18.3 Å². The smallest absolute Gasteiger partial charge is 0.255 e. The van der Waals surface area contributed by atoms with Crippen LogP contribution in [0.2, 0.25) is 5.02 Å². The van der Waals surface area contributed by atoms with Gasteiger partial charge in [-0.25, -0.2) is 0 Å². The molecule has 5 aromatic rings. The van der Waals surface area contributed by atoms with Crippen LogP contribution in [0.1, 0.15) is 28.5 Å². The first-order valence-corrected chi connectivity index (χ1v) is 14.6. The molecule has 4 aromatic carbocycles. The third-order valence-corrected chi connectivity index (χ3v) is 7.27. The van der Waals surface area contributed by atoms with Crippen molar-refractivity contribution in [2.24, 2.45) is 0 Å². The minimum atomic E-state index is -0.343. The number of carbonyl (C=O) groups excluding carboxylic acids is 1. The Morgan fingerprint density at radius 1 is 0.930 bits per heavy atom. The van der Waals surface area contributed by atoms with Gasteiger partial charge in [0, 0.05) is 36.2 Å². The van der Waals surface area contributed by atoms with Gasteiger partial charge in [-0.3, -0.25) is 9.78 Å². The normalized spacial score (nSPS) is 11.8. The molecule has 5 rings (SSSR count). The second-order valence-corrected chi connectivity index (χ2v) is 10.6. The fourth-order valence-corrected chi connectivity index (χ4v) is 4.87. The van der Waals surface area contributed by atoms with E-state index in [1.807, 2.05) is 79.7 Å². The molecule has 1 unspecified atom stereocenters. The highest BCUT2D eigenvalue weighted by atomic mass is 35.5. The number of hydrogen-bond donors (Lipinski definition) is 3. The van der Waals surface area contributed by atoms with Crippen LogP contribution in [0.25, 0.3) is 21.9 Å². The molecule has 1 amide bonds. The van der Waals surface area contributed by atoms with E-state index >= 15 is 0 Å². The van der Waals surface area contributed by atoms with Crippen LogP contribution in [-0.4, -0.2) is 41.7 Å². The van der Waals surface area contributed by atoms with E-state index in [2.05, 4.69) is 27.8 Å². The van der Waals surface area contributed by atoms with Crippen molar-refractivity contribution >= 4 is 28.3 Å². The summed E-state index contributed by atoms with van der Waals surface area (Å²) >= 11 is 6.05. The molecule has 0 bridgehead atoms. The molecule has 0 aliphatic carbocycles. The van der Waals surface area contributed by atoms with Gasteiger partial charge in [0.1, 0.15) is 18.1 Å². The molecule has 7 nitrogen and oxygen atoms in total. The van der Waals surface area contributed by atoms with Crippen molar-refractivity contribution < 1.29 is 19.4 Å². The number of carbonyl (C=O) groups is 1. The second kappa shape index (κ2) is 14.6. The van der Waals surface area contributed by atoms with Gasteiger partial charge in [0.05, 0.1) is 24.0 Å². The summed E-state index contributed by atoms with van der Waals surface area (Å²) in [6, 6.07) is 30.4. The quantitative estimate of drug-likeness (QED) is 0.130. The molecule has 0 saturated carbocycles. The van der Waals surface area contributed by atoms with Crippen molar-refractivity contribution in [3.8, 4) is 22.6 Å². The molecule has 0 spiro atoms. The molecular weight excluding hydrogens is 562 g/mol. The number of phenolic OH excluding ortho intramolecular Hbond substituents is 1. The summed E-state index contributed by atoms with van der Waals surface area (Å²) in [5.74, 6) is 0.163. The number of fused-ring (bicyclic) bond motifs is 1. The topological polar surface area (TPSA) is 92.7 Å². The third kappa shape index (κ3) is 8.11. The fraction of sp³-hybridized carbons (Fsp3) is 0.200. The maximum atomic E-state index is 12.9. The number of amides is 1. The van der Waals surface area contributed by atoms with Crippen molar-refractivity contribution in [3.63, 3.8) is 0 Å². The Bertz CT molecular complexity index is 1660. The molecule has 8 heteroatoms. The molecule has 0 radical (unpaired) electrons. The van der Waals surface area contributed by atoms with E-state index in [9.17, 15) is 9.90 Å². The number of nitrogens with one attached hydrogen (secondary N) is 2. The molecular formula is C35H34ClN3O4. The Hall–Kier alpha value is -4.43. The summed E-state index contributed by atoms with van der Waals surface area (Å²) in [4.78, 5) is 17.1. The number of ether oxygens (including phenoxy) is 2. The van der Waals surface area contributed by atoms with E-state index < -0.39 is 0 Å². The standard InChI is InChI=1S/C35H34ClN3O4/c1-24(42-22-27-7-2-3-10-30(27)25-12-14-28(36)15-13-25)21-37-17-18-39-35(41)32-19-26-8-6-11-34(31(26)20-33(32)40)43-23-29-9-4-5-16-38-29/h2-16,19-20,24,37,40H,17-18,21-23H2,1H3,(H,39,41). The van der Waals surface area contributed by atoms with E-state index in [0.29, 0.717) is 43.6 Å². The average molecular weight is 596 g/mol. The highest BCUT2D eigenvalue weighted by molar-refractivity contribution is 6.30. The van der Waals surface area contributed by atoms with Crippen LogP contribution in [0.4, 0.5) is 0 Å². The van der Waals surface area contributed by atoms with Crippen molar-refractivity contribution in [3.05, 3.63) is 125 Å². The molecule has 0 aliphatic rings.